The second-order valence-electron chi connectivity index (χ2n) is 5.72. The predicted molar refractivity (Wildman–Crippen MR) is 86.1 cm³/mol. The van der Waals surface area contributed by atoms with Crippen molar-refractivity contribution in [2.75, 3.05) is 0 Å². The Morgan fingerprint density at radius 2 is 1.40 bits per heavy atom. The molecule has 0 fully saturated rings. The van der Waals surface area contributed by atoms with Gasteiger partial charge in [-0.2, -0.15) is 0 Å². The van der Waals surface area contributed by atoms with Gasteiger partial charge in [0.05, 0.1) is 5.69 Å². The maximum Gasteiger partial charge on any atom is 0.0780 e. The van der Waals surface area contributed by atoms with Gasteiger partial charge in [-0.05, 0) is 56.8 Å². The molecule has 0 atom stereocenters. The molecule has 100 valence electrons. The fraction of sp³-hybridized carbons (Fsp3) is 0.211. The molecule has 0 saturated carbocycles. The van der Waals surface area contributed by atoms with Gasteiger partial charge in [-0.1, -0.05) is 34.9 Å². The molecule has 20 heavy (non-hydrogen) atoms. The number of hydrogen-bond acceptors (Lipinski definition) is 1. The first-order chi connectivity index (χ1) is 9.54. The zero-order valence-electron chi connectivity index (χ0n) is 12.5. The molecule has 0 aliphatic rings. The quantitative estimate of drug-likeness (QED) is 0.591. The molecule has 1 heterocycles. The van der Waals surface area contributed by atoms with Crippen LogP contribution in [0.1, 0.15) is 22.3 Å². The van der Waals surface area contributed by atoms with Gasteiger partial charge in [-0.15, -0.1) is 0 Å². The van der Waals surface area contributed by atoms with Gasteiger partial charge >= 0.3 is 0 Å². The highest BCUT2D eigenvalue weighted by Gasteiger charge is 2.08. The first-order valence-corrected chi connectivity index (χ1v) is 6.99. The van der Waals surface area contributed by atoms with E-state index in [1.165, 1.54) is 38.6 Å². The Hall–Kier alpha value is -2.15. The summed E-state index contributed by atoms with van der Waals surface area (Å²) in [6, 6.07) is 13.2. The van der Waals surface area contributed by atoms with E-state index in [2.05, 4.69) is 64.1 Å². The fourth-order valence-electron chi connectivity index (χ4n) is 2.84. The van der Waals surface area contributed by atoms with Crippen LogP contribution in [0.4, 0.5) is 0 Å². The topological polar surface area (TPSA) is 12.9 Å². The molecular weight excluding hydrogens is 242 g/mol. The lowest BCUT2D eigenvalue weighted by molar-refractivity contribution is 1.29. The van der Waals surface area contributed by atoms with Crippen molar-refractivity contribution in [2.45, 2.75) is 27.7 Å². The average molecular weight is 261 g/mol. The number of pyridine rings is 1. The predicted octanol–water partition coefficient (Wildman–Crippen LogP) is 5.14. The van der Waals surface area contributed by atoms with E-state index in [1.807, 2.05) is 6.20 Å². The maximum absolute atomic E-state index is 4.70. The summed E-state index contributed by atoms with van der Waals surface area (Å²) in [4.78, 5) is 4.70. The highest BCUT2D eigenvalue weighted by atomic mass is 14.7. The lowest BCUT2D eigenvalue weighted by Crippen LogP contribution is -1.91. The standard InChI is InChI=1S/C19H19N/c1-12-5-6-17-15(4)11-20-19(18(17)10-12)16-8-13(2)7-14(3)9-16/h5-11H,1-4H3. The molecule has 0 unspecified atom stereocenters. The van der Waals surface area contributed by atoms with Crippen molar-refractivity contribution >= 4 is 10.8 Å². The molecule has 2 aromatic carbocycles. The molecule has 0 aliphatic carbocycles. The maximum atomic E-state index is 4.70. The summed E-state index contributed by atoms with van der Waals surface area (Å²) in [6.45, 7) is 8.53. The second kappa shape index (κ2) is 4.75. The summed E-state index contributed by atoms with van der Waals surface area (Å²) in [5, 5.41) is 2.54. The van der Waals surface area contributed by atoms with E-state index < -0.39 is 0 Å². The fourth-order valence-corrected chi connectivity index (χ4v) is 2.84. The number of hydrogen-bond donors (Lipinski definition) is 0. The van der Waals surface area contributed by atoms with Crippen LogP contribution < -0.4 is 0 Å². The van der Waals surface area contributed by atoms with Gasteiger partial charge in [-0.3, -0.25) is 4.98 Å². The van der Waals surface area contributed by atoms with Crippen molar-refractivity contribution in [3.05, 3.63) is 64.8 Å². The van der Waals surface area contributed by atoms with E-state index in [4.69, 9.17) is 4.98 Å². The normalized spacial score (nSPS) is 11.0. The van der Waals surface area contributed by atoms with Gasteiger partial charge in [0.15, 0.2) is 0 Å². The Bertz CT molecular complexity index is 780. The third kappa shape index (κ3) is 2.20. The van der Waals surface area contributed by atoms with Gasteiger partial charge in [0, 0.05) is 17.1 Å². The molecule has 1 aromatic heterocycles. The summed E-state index contributed by atoms with van der Waals surface area (Å²) in [7, 11) is 0. The van der Waals surface area contributed by atoms with E-state index in [0.717, 1.165) is 5.69 Å². The Morgan fingerprint density at radius 3 is 2.10 bits per heavy atom. The van der Waals surface area contributed by atoms with Gasteiger partial charge in [0.1, 0.15) is 0 Å². The lowest BCUT2D eigenvalue weighted by atomic mass is 9.97. The minimum Gasteiger partial charge on any atom is -0.255 e. The van der Waals surface area contributed by atoms with Gasteiger partial charge in [-0.25, -0.2) is 0 Å². The highest BCUT2D eigenvalue weighted by molar-refractivity contribution is 5.96. The summed E-state index contributed by atoms with van der Waals surface area (Å²) in [6.07, 6.45) is 1.98. The molecular formula is C19H19N. The van der Waals surface area contributed by atoms with E-state index in [1.54, 1.807) is 0 Å². The van der Waals surface area contributed by atoms with Crippen LogP contribution in [0.25, 0.3) is 22.0 Å². The van der Waals surface area contributed by atoms with Gasteiger partial charge in [0.25, 0.3) is 0 Å². The van der Waals surface area contributed by atoms with E-state index >= 15 is 0 Å². The van der Waals surface area contributed by atoms with Crippen molar-refractivity contribution < 1.29 is 0 Å². The minimum absolute atomic E-state index is 1.08. The first-order valence-electron chi connectivity index (χ1n) is 6.99. The highest BCUT2D eigenvalue weighted by Crippen LogP contribution is 2.30. The molecule has 0 bridgehead atoms. The molecule has 1 heteroatoms. The Morgan fingerprint density at radius 1 is 0.700 bits per heavy atom. The lowest BCUT2D eigenvalue weighted by Gasteiger charge is -2.10. The molecule has 0 spiro atoms. The van der Waals surface area contributed by atoms with Crippen molar-refractivity contribution in [3.63, 3.8) is 0 Å². The van der Waals surface area contributed by atoms with Crippen molar-refractivity contribution in [1.82, 2.24) is 4.98 Å². The molecule has 0 N–H and O–H groups in total. The molecule has 0 saturated heterocycles. The Labute approximate surface area is 120 Å². The molecule has 0 radical (unpaired) electrons. The van der Waals surface area contributed by atoms with Crippen LogP contribution in [0.5, 0.6) is 0 Å². The van der Waals surface area contributed by atoms with Gasteiger partial charge < -0.3 is 0 Å². The largest absolute Gasteiger partial charge is 0.255 e. The Kier molecular flexibility index (Phi) is 3.06. The molecule has 1 nitrogen and oxygen atoms in total. The number of rotatable bonds is 1. The van der Waals surface area contributed by atoms with Crippen LogP contribution in [0, 0.1) is 27.7 Å². The molecule has 0 amide bonds. The molecule has 3 rings (SSSR count). The zero-order valence-corrected chi connectivity index (χ0v) is 12.5. The SMILES string of the molecule is Cc1cc(C)cc(-c2ncc(C)c3ccc(C)cc23)c1. The molecule has 3 aromatic rings. The van der Waals surface area contributed by atoms with E-state index in [9.17, 15) is 0 Å². The summed E-state index contributed by atoms with van der Waals surface area (Å²) < 4.78 is 0. The van der Waals surface area contributed by atoms with Gasteiger partial charge in [0.2, 0.25) is 0 Å². The van der Waals surface area contributed by atoms with Crippen LogP contribution in [-0.2, 0) is 0 Å². The van der Waals surface area contributed by atoms with Crippen LogP contribution >= 0.6 is 0 Å². The van der Waals surface area contributed by atoms with Crippen LogP contribution in [0.15, 0.2) is 42.6 Å². The van der Waals surface area contributed by atoms with Crippen LogP contribution in [-0.4, -0.2) is 4.98 Å². The molecule has 0 aliphatic heterocycles. The number of nitrogens with zero attached hydrogens (tertiary/aromatic N) is 1. The summed E-state index contributed by atoms with van der Waals surface area (Å²) >= 11 is 0. The number of aryl methyl sites for hydroxylation is 4. The number of aromatic nitrogens is 1. The van der Waals surface area contributed by atoms with Crippen molar-refractivity contribution in [3.8, 4) is 11.3 Å². The first kappa shape index (κ1) is 12.9. The van der Waals surface area contributed by atoms with Crippen LogP contribution in [0.2, 0.25) is 0 Å². The zero-order chi connectivity index (χ0) is 14.3. The Balaban J connectivity index is 2.36. The smallest absolute Gasteiger partial charge is 0.0780 e. The van der Waals surface area contributed by atoms with E-state index in [-0.39, 0.29) is 0 Å². The van der Waals surface area contributed by atoms with Crippen molar-refractivity contribution in [1.29, 1.82) is 0 Å². The van der Waals surface area contributed by atoms with Crippen molar-refractivity contribution in [2.24, 2.45) is 0 Å². The average Bonchev–Trinajstić information content (AvgIpc) is 2.37. The number of fused-ring (bicyclic) bond motifs is 1. The monoisotopic (exact) mass is 261 g/mol. The number of benzene rings is 2. The van der Waals surface area contributed by atoms with Crippen LogP contribution in [0.3, 0.4) is 0 Å². The minimum atomic E-state index is 1.08. The summed E-state index contributed by atoms with van der Waals surface area (Å²) in [5.74, 6) is 0. The third-order valence-electron chi connectivity index (χ3n) is 3.74. The second-order valence-corrected chi connectivity index (χ2v) is 5.72. The third-order valence-corrected chi connectivity index (χ3v) is 3.74. The summed E-state index contributed by atoms with van der Waals surface area (Å²) in [5.41, 5.74) is 7.36. The van der Waals surface area contributed by atoms with E-state index in [0.29, 0.717) is 0 Å².